The van der Waals surface area contributed by atoms with Gasteiger partial charge in [-0.3, -0.25) is 9.09 Å². The molecule has 0 fully saturated rings. The van der Waals surface area contributed by atoms with E-state index in [4.69, 9.17) is 29.5 Å². The van der Waals surface area contributed by atoms with Crippen molar-refractivity contribution in [1.82, 2.24) is 9.34 Å². The molecule has 14 heteroatoms. The van der Waals surface area contributed by atoms with E-state index in [1.54, 1.807) is 25.2 Å². The Bertz CT molecular complexity index is 1190. The summed E-state index contributed by atoms with van der Waals surface area (Å²) in [6.07, 6.45) is 1.74. The van der Waals surface area contributed by atoms with Gasteiger partial charge in [0.2, 0.25) is 11.8 Å². The van der Waals surface area contributed by atoms with E-state index in [1.165, 1.54) is 0 Å². The van der Waals surface area contributed by atoms with Crippen molar-refractivity contribution < 1.29 is 22.3 Å². The summed E-state index contributed by atoms with van der Waals surface area (Å²) < 4.78 is 42.8. The molecule has 0 N–H and O–H groups in total. The maximum absolute atomic E-state index is 14.7. The lowest BCUT2D eigenvalue weighted by atomic mass is 10.2. The van der Waals surface area contributed by atoms with E-state index in [0.29, 0.717) is 5.75 Å². The van der Waals surface area contributed by atoms with Crippen LogP contribution in [0.5, 0.6) is 11.5 Å². The summed E-state index contributed by atoms with van der Waals surface area (Å²) in [6, 6.07) is 15.2. The summed E-state index contributed by atoms with van der Waals surface area (Å²) in [6.45, 7) is 19.0. The van der Waals surface area contributed by atoms with E-state index in [2.05, 4.69) is 68.6 Å². The normalized spacial score (nSPS) is 14.4. The van der Waals surface area contributed by atoms with E-state index in [-0.39, 0.29) is 0 Å². The minimum absolute atomic E-state index is 0.520. The third-order valence-electron chi connectivity index (χ3n) is 5.61. The van der Waals surface area contributed by atoms with Crippen LogP contribution in [0.4, 0.5) is 0 Å². The van der Waals surface area contributed by atoms with Crippen LogP contribution in [0.3, 0.4) is 0 Å². The maximum atomic E-state index is 14.7. The van der Waals surface area contributed by atoms with Gasteiger partial charge in [0.1, 0.15) is 19.8 Å². The molecule has 40 heavy (non-hydrogen) atoms. The molecule has 2 aromatic rings. The van der Waals surface area contributed by atoms with E-state index in [9.17, 15) is 4.57 Å². The van der Waals surface area contributed by atoms with Crippen LogP contribution in [0, 0.1) is 0 Å². The maximum Gasteiger partial charge on any atom is 0.540 e. The molecule has 222 valence electrons. The van der Waals surface area contributed by atoms with E-state index in [1.807, 2.05) is 55.6 Å². The SMILES string of the molecule is COc1ccc(/C=N/N(C)[P+](=S)Oc2ccc(C(N(C)[Si](C)(C)C)P(=O)(O[Si](C)(C)C)O[Si](C)(C)C)cc2)cc1. The Hall–Kier alpha value is -1.21. The van der Waals surface area contributed by atoms with Gasteiger partial charge in [-0.25, -0.2) is 0 Å². The fraction of sp³-hybridized carbons (Fsp3) is 0.500. The molecule has 0 aliphatic carbocycles. The zero-order valence-electron chi connectivity index (χ0n) is 26.0. The summed E-state index contributed by atoms with van der Waals surface area (Å²) in [5.74, 6) is 0.891. The topological polar surface area (TPSA) is 72.8 Å². The molecule has 0 heterocycles. The Morgan fingerprint density at radius 2 is 1.32 bits per heavy atom. The zero-order valence-corrected chi connectivity index (χ0v) is 31.6. The van der Waals surface area contributed by atoms with E-state index in [0.717, 1.165) is 16.9 Å². The van der Waals surface area contributed by atoms with Crippen molar-refractivity contribution in [2.45, 2.75) is 64.7 Å². The van der Waals surface area contributed by atoms with Gasteiger partial charge >= 0.3 is 14.7 Å². The highest BCUT2D eigenvalue weighted by Crippen LogP contribution is 2.65. The van der Waals surface area contributed by atoms with Gasteiger partial charge in [-0.05, 0) is 93.9 Å². The third-order valence-corrected chi connectivity index (χ3v) is 17.7. The number of rotatable bonds is 14. The first-order valence-corrected chi connectivity index (χ1v) is 27.3. The third kappa shape index (κ3) is 10.9. The number of hydrogen-bond acceptors (Lipinski definition) is 8. The molecule has 0 amide bonds. The van der Waals surface area contributed by atoms with Crippen LogP contribution < -0.4 is 9.26 Å². The van der Waals surface area contributed by atoms with Gasteiger partial charge in [-0.1, -0.05) is 36.6 Å². The molecule has 2 aromatic carbocycles. The van der Waals surface area contributed by atoms with E-state index < -0.39 is 45.3 Å². The number of ether oxygens (including phenoxy) is 1. The minimum atomic E-state index is -3.56. The summed E-state index contributed by atoms with van der Waals surface area (Å²) >= 11 is 5.61. The molecule has 0 bridgehead atoms. The predicted octanol–water partition coefficient (Wildman–Crippen LogP) is 8.48. The second-order valence-corrected chi connectivity index (χ2v) is 31.2. The second-order valence-electron chi connectivity index (χ2n) is 12.5. The fourth-order valence-electron chi connectivity index (χ4n) is 3.60. The molecule has 0 saturated heterocycles. The monoisotopic (exact) mass is 658 g/mol. The van der Waals surface area contributed by atoms with Gasteiger partial charge in [0.25, 0.3) is 0 Å². The Morgan fingerprint density at radius 1 is 0.850 bits per heavy atom. The summed E-state index contributed by atoms with van der Waals surface area (Å²) in [4.78, 5) is 0. The first-order valence-electron chi connectivity index (χ1n) is 13.2. The van der Waals surface area contributed by atoms with Crippen LogP contribution in [0.25, 0.3) is 0 Å². The molecular weight excluding hydrogens is 613 g/mol. The van der Waals surface area contributed by atoms with Crippen molar-refractivity contribution in [2.24, 2.45) is 5.10 Å². The molecule has 0 aliphatic heterocycles. The standard InChI is InChI=1S/C26H46N3O5P2SSi3/c1-28(38(4,5)6)26(36(30,33-39(7,8)9)34-40(10,11)12)23-15-19-25(20-16-23)32-35(37)29(2)27-21-22-13-17-24(31-3)18-14-22/h13-21,26H,1-12H3/q+1/b27-21+. The largest absolute Gasteiger partial charge is 0.540 e. The van der Waals surface area contributed by atoms with Crippen LogP contribution >= 0.6 is 14.7 Å². The molecule has 8 nitrogen and oxygen atoms in total. The van der Waals surface area contributed by atoms with Crippen LogP contribution in [0.2, 0.25) is 58.9 Å². The lowest BCUT2D eigenvalue weighted by molar-refractivity contribution is 0.326. The van der Waals surface area contributed by atoms with Gasteiger partial charge in [0.05, 0.1) is 20.4 Å². The number of hydrazone groups is 1. The molecule has 0 spiro atoms. The molecular formula is C26H46N3O5P2SSi3+. The average molecular weight is 659 g/mol. The zero-order chi connectivity index (χ0) is 30.5. The first-order chi connectivity index (χ1) is 18.2. The Morgan fingerprint density at radius 3 is 1.75 bits per heavy atom. The van der Waals surface area contributed by atoms with Crippen molar-refractivity contribution in [1.29, 1.82) is 0 Å². The van der Waals surface area contributed by atoms with Crippen LogP contribution in [-0.4, -0.2) is 61.6 Å². The average Bonchev–Trinajstić information content (AvgIpc) is 2.80. The Labute approximate surface area is 250 Å². The highest BCUT2D eigenvalue weighted by Gasteiger charge is 2.48. The van der Waals surface area contributed by atoms with Crippen molar-refractivity contribution in [3.05, 3.63) is 59.7 Å². The van der Waals surface area contributed by atoms with Crippen LogP contribution in [-0.2, 0) is 24.8 Å². The summed E-state index contributed by atoms with van der Waals surface area (Å²) in [5, 5.41) is 4.45. The van der Waals surface area contributed by atoms with Crippen molar-refractivity contribution in [2.75, 3.05) is 21.2 Å². The molecule has 2 unspecified atom stereocenters. The predicted molar refractivity (Wildman–Crippen MR) is 180 cm³/mol. The highest BCUT2D eigenvalue weighted by atomic mass is 32.4. The van der Waals surface area contributed by atoms with Gasteiger partial charge < -0.3 is 17.7 Å². The van der Waals surface area contributed by atoms with Crippen molar-refractivity contribution >= 4 is 57.6 Å². The highest BCUT2D eigenvalue weighted by molar-refractivity contribution is 8.02. The Balaban J connectivity index is 2.33. The summed E-state index contributed by atoms with van der Waals surface area (Å²) in [5.41, 5.74) is 1.80. The second kappa shape index (κ2) is 13.8. The lowest BCUT2D eigenvalue weighted by Crippen LogP contribution is -2.47. The van der Waals surface area contributed by atoms with Crippen LogP contribution in [0.15, 0.2) is 53.6 Å². The number of methoxy groups -OCH3 is 1. The summed E-state index contributed by atoms with van der Waals surface area (Å²) in [7, 11) is -5.87. The molecule has 2 rings (SSSR count). The smallest absolute Gasteiger partial charge is 0.497 e. The van der Waals surface area contributed by atoms with Gasteiger partial charge in [0, 0.05) is 0 Å². The van der Waals surface area contributed by atoms with Crippen molar-refractivity contribution in [3.8, 4) is 11.5 Å². The number of hydrogen-bond donors (Lipinski definition) is 0. The Kier molecular flexibility index (Phi) is 12.1. The minimum Gasteiger partial charge on any atom is -0.497 e. The fourth-order valence-corrected chi connectivity index (χ4v) is 15.2. The van der Waals surface area contributed by atoms with Gasteiger partial charge in [-0.2, -0.15) is 0 Å². The lowest BCUT2D eigenvalue weighted by Gasteiger charge is -2.44. The van der Waals surface area contributed by atoms with Crippen LogP contribution in [0.1, 0.15) is 16.9 Å². The molecule has 2 atom stereocenters. The molecule has 0 radical (unpaired) electrons. The number of benzene rings is 2. The molecule has 0 aromatic heterocycles. The van der Waals surface area contributed by atoms with Gasteiger partial charge in [0.15, 0.2) is 22.4 Å². The number of nitrogens with zero attached hydrogens (tertiary/aromatic N) is 3. The quantitative estimate of drug-likeness (QED) is 0.0867. The first kappa shape index (κ1) is 35.0. The van der Waals surface area contributed by atoms with E-state index >= 15 is 0 Å². The molecule has 0 aliphatic rings. The van der Waals surface area contributed by atoms with Gasteiger partial charge in [-0.15, -0.1) is 5.10 Å². The van der Waals surface area contributed by atoms with Crippen molar-refractivity contribution in [3.63, 3.8) is 0 Å². The molecule has 0 saturated carbocycles.